The lowest BCUT2D eigenvalue weighted by atomic mass is 9.94. The van der Waals surface area contributed by atoms with Crippen molar-refractivity contribution >= 4 is 23.3 Å². The number of aromatic nitrogens is 2. The van der Waals surface area contributed by atoms with Crippen LogP contribution < -0.4 is 10.6 Å². The van der Waals surface area contributed by atoms with E-state index in [1.165, 1.54) is 0 Å². The Kier molecular flexibility index (Phi) is 7.71. The van der Waals surface area contributed by atoms with Crippen LogP contribution >= 0.6 is 0 Å². The minimum absolute atomic E-state index is 0.119. The van der Waals surface area contributed by atoms with Crippen LogP contribution in [0.1, 0.15) is 52.9 Å². The lowest BCUT2D eigenvalue weighted by Crippen LogP contribution is -2.30. The molecule has 0 unspecified atom stereocenters. The SMILES string of the molecule is Cc1cccc(NC(=NCCN=C(Nc2cccc(C)n2)C(C)(C)C)C(C)(C)C)n1. The first-order chi connectivity index (χ1) is 13.9. The number of aryl methyl sites for hydroxylation is 2. The molecule has 6 nitrogen and oxygen atoms in total. The Bertz CT molecular complexity index is 825. The molecule has 0 fully saturated rings. The van der Waals surface area contributed by atoms with Crippen molar-refractivity contribution < 1.29 is 0 Å². The molecule has 0 radical (unpaired) electrons. The van der Waals surface area contributed by atoms with E-state index in [9.17, 15) is 0 Å². The zero-order chi connectivity index (χ0) is 22.4. The molecular weight excluding hydrogens is 372 g/mol. The fourth-order valence-corrected chi connectivity index (χ4v) is 2.72. The van der Waals surface area contributed by atoms with Crippen LogP contribution in [0.3, 0.4) is 0 Å². The van der Waals surface area contributed by atoms with E-state index in [-0.39, 0.29) is 10.8 Å². The molecule has 0 spiro atoms. The third-order valence-electron chi connectivity index (χ3n) is 4.33. The van der Waals surface area contributed by atoms with Crippen LogP contribution in [0.5, 0.6) is 0 Å². The number of anilines is 2. The van der Waals surface area contributed by atoms with Crippen LogP contribution in [-0.4, -0.2) is 34.7 Å². The van der Waals surface area contributed by atoms with Gasteiger partial charge in [-0.3, -0.25) is 9.98 Å². The number of nitrogens with zero attached hydrogens (tertiary/aromatic N) is 4. The molecular formula is C24H36N6. The summed E-state index contributed by atoms with van der Waals surface area (Å²) in [6.45, 7) is 18.0. The Morgan fingerprint density at radius 2 is 1.07 bits per heavy atom. The van der Waals surface area contributed by atoms with Gasteiger partial charge < -0.3 is 10.6 Å². The third-order valence-corrected chi connectivity index (χ3v) is 4.33. The Morgan fingerprint density at radius 3 is 1.37 bits per heavy atom. The summed E-state index contributed by atoms with van der Waals surface area (Å²) in [4.78, 5) is 18.7. The van der Waals surface area contributed by atoms with Crippen LogP contribution in [0.4, 0.5) is 11.6 Å². The van der Waals surface area contributed by atoms with Crippen molar-refractivity contribution in [3.63, 3.8) is 0 Å². The minimum atomic E-state index is -0.119. The zero-order valence-corrected chi connectivity index (χ0v) is 19.7. The zero-order valence-electron chi connectivity index (χ0n) is 19.7. The van der Waals surface area contributed by atoms with Crippen molar-refractivity contribution in [2.75, 3.05) is 23.7 Å². The van der Waals surface area contributed by atoms with Gasteiger partial charge in [-0.2, -0.15) is 0 Å². The normalized spacial score (nSPS) is 13.3. The molecule has 2 aromatic heterocycles. The molecule has 0 bridgehead atoms. The highest BCUT2D eigenvalue weighted by molar-refractivity contribution is 5.99. The van der Waals surface area contributed by atoms with Gasteiger partial charge in [-0.05, 0) is 38.1 Å². The molecule has 0 aliphatic heterocycles. The third kappa shape index (κ3) is 7.58. The first-order valence-electron chi connectivity index (χ1n) is 10.5. The molecule has 2 heterocycles. The van der Waals surface area contributed by atoms with Crippen LogP contribution in [0.2, 0.25) is 0 Å². The number of nitrogens with one attached hydrogen (secondary N) is 2. The number of hydrogen-bond acceptors (Lipinski definition) is 4. The molecule has 0 amide bonds. The van der Waals surface area contributed by atoms with Crippen molar-refractivity contribution in [2.45, 2.75) is 55.4 Å². The minimum Gasteiger partial charge on any atom is -0.328 e. The Morgan fingerprint density at radius 1 is 0.700 bits per heavy atom. The van der Waals surface area contributed by atoms with Gasteiger partial charge in [0.2, 0.25) is 0 Å². The number of pyridine rings is 2. The Labute approximate surface area is 181 Å². The van der Waals surface area contributed by atoms with Gasteiger partial charge in [-0.15, -0.1) is 0 Å². The van der Waals surface area contributed by atoms with Gasteiger partial charge in [-0.25, -0.2) is 9.97 Å². The van der Waals surface area contributed by atoms with Crippen LogP contribution in [0, 0.1) is 24.7 Å². The van der Waals surface area contributed by atoms with Crippen LogP contribution in [0.15, 0.2) is 46.4 Å². The molecule has 0 aliphatic carbocycles. The molecule has 6 heteroatoms. The largest absolute Gasteiger partial charge is 0.328 e. The second kappa shape index (κ2) is 9.83. The van der Waals surface area contributed by atoms with E-state index >= 15 is 0 Å². The van der Waals surface area contributed by atoms with Gasteiger partial charge in [0.25, 0.3) is 0 Å². The molecule has 0 saturated heterocycles. The van der Waals surface area contributed by atoms with Crippen molar-refractivity contribution in [1.29, 1.82) is 0 Å². The highest BCUT2D eigenvalue weighted by atomic mass is 15.1. The first kappa shape index (κ1) is 23.5. The summed E-state index contributed by atoms with van der Waals surface area (Å²) >= 11 is 0. The summed E-state index contributed by atoms with van der Waals surface area (Å²) in [5.41, 5.74) is 1.71. The second-order valence-electron chi connectivity index (χ2n) is 9.54. The van der Waals surface area contributed by atoms with Gasteiger partial charge in [0.05, 0.1) is 13.1 Å². The van der Waals surface area contributed by atoms with E-state index in [1.54, 1.807) is 0 Å². The Hall–Kier alpha value is -2.76. The molecule has 2 N–H and O–H groups in total. The summed E-state index contributed by atoms with van der Waals surface area (Å²) in [6.07, 6.45) is 0. The summed E-state index contributed by atoms with van der Waals surface area (Å²) in [7, 11) is 0. The predicted octanol–water partition coefficient (Wildman–Crippen LogP) is 5.51. The van der Waals surface area contributed by atoms with E-state index in [0.717, 1.165) is 34.7 Å². The fourth-order valence-electron chi connectivity index (χ4n) is 2.72. The smallest absolute Gasteiger partial charge is 0.131 e. The van der Waals surface area contributed by atoms with Gasteiger partial charge in [-0.1, -0.05) is 53.7 Å². The lowest BCUT2D eigenvalue weighted by Gasteiger charge is -2.24. The van der Waals surface area contributed by atoms with Gasteiger partial charge >= 0.3 is 0 Å². The van der Waals surface area contributed by atoms with Crippen LogP contribution in [-0.2, 0) is 0 Å². The summed E-state index contributed by atoms with van der Waals surface area (Å²) in [6, 6.07) is 11.9. The number of aliphatic imine (C=N–C) groups is 2. The second-order valence-corrected chi connectivity index (χ2v) is 9.54. The van der Waals surface area contributed by atoms with Crippen LogP contribution in [0.25, 0.3) is 0 Å². The molecule has 0 saturated carbocycles. The number of amidine groups is 2. The molecule has 162 valence electrons. The van der Waals surface area contributed by atoms with E-state index in [4.69, 9.17) is 9.98 Å². The molecule has 0 atom stereocenters. The van der Waals surface area contributed by atoms with E-state index in [1.807, 2.05) is 50.2 Å². The number of rotatable bonds is 5. The molecule has 0 aliphatic rings. The first-order valence-corrected chi connectivity index (χ1v) is 10.5. The van der Waals surface area contributed by atoms with Crippen molar-refractivity contribution in [2.24, 2.45) is 20.8 Å². The maximum atomic E-state index is 4.81. The lowest BCUT2D eigenvalue weighted by molar-refractivity contribution is 0.582. The Balaban J connectivity index is 2.13. The van der Waals surface area contributed by atoms with E-state index in [2.05, 4.69) is 62.1 Å². The van der Waals surface area contributed by atoms with E-state index in [0.29, 0.717) is 13.1 Å². The van der Waals surface area contributed by atoms with Gasteiger partial charge in [0, 0.05) is 22.2 Å². The standard InChI is InChI=1S/C24H36N6/c1-17-11-9-13-19(27-17)29-21(23(3,4)5)25-15-16-26-22(24(6,7)8)30-20-14-10-12-18(2)28-20/h9-14H,15-16H2,1-8H3,(H,25,27,29)(H,26,28,30). The van der Waals surface area contributed by atoms with E-state index < -0.39 is 0 Å². The topological polar surface area (TPSA) is 74.6 Å². The molecule has 2 aromatic rings. The van der Waals surface area contributed by atoms with Gasteiger partial charge in [0.15, 0.2) is 0 Å². The maximum Gasteiger partial charge on any atom is 0.131 e. The summed E-state index contributed by atoms with van der Waals surface area (Å²) < 4.78 is 0. The van der Waals surface area contributed by atoms with Crippen molar-refractivity contribution in [1.82, 2.24) is 9.97 Å². The quantitative estimate of drug-likeness (QED) is 0.389. The number of hydrogen-bond donors (Lipinski definition) is 2. The van der Waals surface area contributed by atoms with Crippen molar-refractivity contribution in [3.05, 3.63) is 47.8 Å². The highest BCUT2D eigenvalue weighted by Gasteiger charge is 2.21. The molecule has 30 heavy (non-hydrogen) atoms. The predicted molar refractivity (Wildman–Crippen MR) is 129 cm³/mol. The average molecular weight is 409 g/mol. The van der Waals surface area contributed by atoms with Crippen molar-refractivity contribution in [3.8, 4) is 0 Å². The van der Waals surface area contributed by atoms with Gasteiger partial charge in [0.1, 0.15) is 23.3 Å². The summed E-state index contributed by atoms with van der Waals surface area (Å²) in [5.74, 6) is 3.44. The average Bonchev–Trinajstić information content (AvgIpc) is 2.61. The molecule has 2 rings (SSSR count). The highest BCUT2D eigenvalue weighted by Crippen LogP contribution is 2.20. The fraction of sp³-hybridized carbons (Fsp3) is 0.500. The summed E-state index contributed by atoms with van der Waals surface area (Å²) in [5, 5.41) is 6.78. The molecule has 0 aromatic carbocycles. The monoisotopic (exact) mass is 408 g/mol. The maximum absolute atomic E-state index is 4.81.